The largest absolute Gasteiger partial charge is 0.573 e. The molecule has 18 heavy (non-hydrogen) atoms. The summed E-state index contributed by atoms with van der Waals surface area (Å²) in [5, 5.41) is 0. The lowest BCUT2D eigenvalue weighted by atomic mass is 9.67. The molecule has 0 bridgehead atoms. The highest BCUT2D eigenvalue weighted by atomic mass is 19.4. The van der Waals surface area contributed by atoms with Crippen LogP contribution in [0, 0.1) is 11.8 Å². The van der Waals surface area contributed by atoms with E-state index in [1.807, 2.05) is 0 Å². The van der Waals surface area contributed by atoms with E-state index in [9.17, 15) is 13.2 Å². The summed E-state index contributed by atoms with van der Waals surface area (Å²) >= 11 is 0. The average molecular weight is 258 g/mol. The van der Waals surface area contributed by atoms with Gasteiger partial charge in [-0.3, -0.25) is 0 Å². The van der Waals surface area contributed by atoms with Crippen LogP contribution in [0.3, 0.4) is 0 Å². The van der Waals surface area contributed by atoms with Crippen molar-refractivity contribution in [1.82, 2.24) is 0 Å². The molecule has 0 heterocycles. The van der Waals surface area contributed by atoms with Crippen LogP contribution in [0.15, 0.2) is 24.3 Å². The molecule has 0 unspecified atom stereocenters. The lowest BCUT2D eigenvalue weighted by molar-refractivity contribution is -0.274. The first-order valence-electron chi connectivity index (χ1n) is 6.21. The molecule has 2 rings (SSSR count). The second-order valence-electron chi connectivity index (χ2n) is 5.29. The average Bonchev–Trinajstić information content (AvgIpc) is 2.15. The van der Waals surface area contributed by atoms with Gasteiger partial charge in [0.05, 0.1) is 0 Å². The zero-order chi connectivity index (χ0) is 13.3. The van der Waals surface area contributed by atoms with Crippen molar-refractivity contribution in [2.45, 2.75) is 39.0 Å². The lowest BCUT2D eigenvalue weighted by Crippen LogP contribution is -2.26. The Balaban J connectivity index is 1.93. The molecule has 0 aliphatic heterocycles. The third-order valence-corrected chi connectivity index (χ3v) is 3.70. The van der Waals surface area contributed by atoms with E-state index in [1.54, 1.807) is 12.1 Å². The van der Waals surface area contributed by atoms with Crippen LogP contribution in [0.5, 0.6) is 5.75 Å². The van der Waals surface area contributed by atoms with Crippen molar-refractivity contribution in [2.24, 2.45) is 11.8 Å². The maximum atomic E-state index is 12.0. The van der Waals surface area contributed by atoms with Gasteiger partial charge in [0.2, 0.25) is 0 Å². The molecule has 1 aliphatic rings. The molecule has 0 spiro atoms. The Morgan fingerprint density at radius 1 is 1.11 bits per heavy atom. The number of benzene rings is 1. The van der Waals surface area contributed by atoms with E-state index in [0.717, 1.165) is 24.3 Å². The van der Waals surface area contributed by atoms with Crippen molar-refractivity contribution < 1.29 is 17.9 Å². The Hall–Kier alpha value is -1.19. The molecule has 100 valence electrons. The zero-order valence-electron chi connectivity index (χ0n) is 10.5. The number of alkyl halides is 3. The third kappa shape index (κ3) is 3.18. The molecule has 1 aromatic carbocycles. The number of rotatable bonds is 3. The Kier molecular flexibility index (Phi) is 3.55. The normalized spacial score (nSPS) is 23.9. The molecule has 0 radical (unpaired) electrons. The SMILES string of the molecule is CC(C)C1CC(c2ccc(OC(F)(F)F)cc2)C1. The molecule has 1 fully saturated rings. The van der Waals surface area contributed by atoms with Crippen molar-refractivity contribution in [2.75, 3.05) is 0 Å². The molecule has 0 N–H and O–H groups in total. The summed E-state index contributed by atoms with van der Waals surface area (Å²) in [6, 6.07) is 6.27. The fourth-order valence-corrected chi connectivity index (χ4v) is 2.42. The van der Waals surface area contributed by atoms with Gasteiger partial charge in [0.15, 0.2) is 0 Å². The van der Waals surface area contributed by atoms with Gasteiger partial charge in [0.1, 0.15) is 5.75 Å². The maximum Gasteiger partial charge on any atom is 0.573 e. The minimum Gasteiger partial charge on any atom is -0.406 e. The van der Waals surface area contributed by atoms with Crippen LogP contribution in [-0.4, -0.2) is 6.36 Å². The highest BCUT2D eigenvalue weighted by Gasteiger charge is 2.33. The Morgan fingerprint density at radius 3 is 2.11 bits per heavy atom. The maximum absolute atomic E-state index is 12.0. The van der Waals surface area contributed by atoms with Crippen LogP contribution in [0.4, 0.5) is 13.2 Å². The van der Waals surface area contributed by atoms with Crippen molar-refractivity contribution in [1.29, 1.82) is 0 Å². The minimum absolute atomic E-state index is 0.147. The van der Waals surface area contributed by atoms with Crippen LogP contribution < -0.4 is 4.74 Å². The summed E-state index contributed by atoms with van der Waals surface area (Å²) in [6.07, 6.45) is -2.34. The minimum atomic E-state index is -4.61. The van der Waals surface area contributed by atoms with E-state index in [-0.39, 0.29) is 5.75 Å². The van der Waals surface area contributed by atoms with E-state index in [4.69, 9.17) is 0 Å². The van der Waals surface area contributed by atoms with Gasteiger partial charge < -0.3 is 4.74 Å². The van der Waals surface area contributed by atoms with E-state index in [0.29, 0.717) is 11.8 Å². The number of ether oxygens (including phenoxy) is 1. The summed E-state index contributed by atoms with van der Waals surface area (Å²) in [5.41, 5.74) is 1.11. The van der Waals surface area contributed by atoms with Crippen LogP contribution >= 0.6 is 0 Å². The Labute approximate surface area is 105 Å². The Morgan fingerprint density at radius 2 is 1.67 bits per heavy atom. The molecule has 1 nitrogen and oxygen atoms in total. The van der Waals surface area contributed by atoms with Crippen molar-refractivity contribution in [3.63, 3.8) is 0 Å². The van der Waals surface area contributed by atoms with Crippen LogP contribution in [0.2, 0.25) is 0 Å². The molecule has 1 aliphatic carbocycles. The number of hydrogen-bond donors (Lipinski definition) is 0. The second kappa shape index (κ2) is 4.82. The van der Waals surface area contributed by atoms with E-state index in [2.05, 4.69) is 18.6 Å². The first kappa shape index (κ1) is 13.2. The number of halogens is 3. The van der Waals surface area contributed by atoms with Crippen LogP contribution in [0.25, 0.3) is 0 Å². The van der Waals surface area contributed by atoms with Gasteiger partial charge >= 0.3 is 6.36 Å². The van der Waals surface area contributed by atoms with Gasteiger partial charge in [-0.05, 0) is 48.3 Å². The van der Waals surface area contributed by atoms with Crippen LogP contribution in [0.1, 0.15) is 38.2 Å². The summed E-state index contributed by atoms with van der Waals surface area (Å²) in [4.78, 5) is 0. The van der Waals surface area contributed by atoms with Crippen molar-refractivity contribution in [3.05, 3.63) is 29.8 Å². The van der Waals surface area contributed by atoms with Crippen molar-refractivity contribution >= 4 is 0 Å². The van der Waals surface area contributed by atoms with Gasteiger partial charge in [0.25, 0.3) is 0 Å². The highest BCUT2D eigenvalue weighted by Crippen LogP contribution is 2.45. The van der Waals surface area contributed by atoms with Crippen LogP contribution in [-0.2, 0) is 0 Å². The standard InChI is InChI=1S/C14H17F3O/c1-9(2)11-7-12(8-11)10-3-5-13(6-4-10)18-14(15,16)17/h3-6,9,11-12H,7-8H2,1-2H3. The molecule has 0 atom stereocenters. The molecular weight excluding hydrogens is 241 g/mol. The monoisotopic (exact) mass is 258 g/mol. The topological polar surface area (TPSA) is 9.23 Å². The van der Waals surface area contributed by atoms with Gasteiger partial charge in [-0.15, -0.1) is 13.2 Å². The molecule has 0 aromatic heterocycles. The summed E-state index contributed by atoms with van der Waals surface area (Å²) < 4.78 is 39.8. The molecule has 1 aromatic rings. The highest BCUT2D eigenvalue weighted by molar-refractivity contribution is 5.30. The summed E-state index contributed by atoms with van der Waals surface area (Å²) in [5.74, 6) is 1.79. The summed E-state index contributed by atoms with van der Waals surface area (Å²) in [7, 11) is 0. The predicted octanol–water partition coefficient (Wildman–Crippen LogP) is 4.73. The van der Waals surface area contributed by atoms with Gasteiger partial charge in [-0.1, -0.05) is 26.0 Å². The fraction of sp³-hybridized carbons (Fsp3) is 0.571. The summed E-state index contributed by atoms with van der Waals surface area (Å²) in [6.45, 7) is 4.42. The van der Waals surface area contributed by atoms with Crippen molar-refractivity contribution in [3.8, 4) is 5.75 Å². The van der Waals surface area contributed by atoms with Gasteiger partial charge in [-0.2, -0.15) is 0 Å². The smallest absolute Gasteiger partial charge is 0.406 e. The Bertz CT molecular complexity index is 388. The predicted molar refractivity (Wildman–Crippen MR) is 63.4 cm³/mol. The quantitative estimate of drug-likeness (QED) is 0.761. The molecular formula is C14H17F3O. The fourth-order valence-electron chi connectivity index (χ4n) is 2.42. The van der Waals surface area contributed by atoms with Gasteiger partial charge in [0, 0.05) is 0 Å². The molecule has 1 saturated carbocycles. The first-order valence-corrected chi connectivity index (χ1v) is 6.21. The molecule has 4 heteroatoms. The first-order chi connectivity index (χ1) is 8.35. The second-order valence-corrected chi connectivity index (χ2v) is 5.29. The molecule has 0 amide bonds. The molecule has 0 saturated heterocycles. The van der Waals surface area contributed by atoms with Gasteiger partial charge in [-0.25, -0.2) is 0 Å². The lowest BCUT2D eigenvalue weighted by Gasteiger charge is -2.38. The van der Waals surface area contributed by atoms with E-state index in [1.165, 1.54) is 12.1 Å². The van der Waals surface area contributed by atoms with E-state index < -0.39 is 6.36 Å². The van der Waals surface area contributed by atoms with E-state index >= 15 is 0 Å². The third-order valence-electron chi connectivity index (χ3n) is 3.70. The zero-order valence-corrected chi connectivity index (χ0v) is 10.5. The number of hydrogen-bond acceptors (Lipinski definition) is 1.